The minimum absolute atomic E-state index is 0.103. The summed E-state index contributed by atoms with van der Waals surface area (Å²) < 4.78 is 6.41. The Morgan fingerprint density at radius 2 is 1.71 bits per heavy atom. The smallest absolute Gasteiger partial charge is 0.254 e. The van der Waals surface area contributed by atoms with Crippen LogP contribution in [0.4, 0.5) is 5.95 Å². The molecular weight excluding hydrogens is 516 g/mol. The molecule has 0 radical (unpaired) electrons. The maximum atomic E-state index is 13.2. The standard InChI is InChI=1S/C32H44N6O3/c1-21-16-26(7-6-23(21)17-33)41-29-31(2,3)28(32(29,4)5)36-27(40)24-18-34-30(35-19-24)38-14-8-22(9-15-38)20-37-12-10-25(39)11-13-37/h6-7,16,18-19,22,25,28-29,39H,8-15,20H2,1-5H3,(H,36,40). The fraction of sp³-hybridized carbons (Fsp3) is 0.625. The maximum Gasteiger partial charge on any atom is 0.254 e. The van der Waals surface area contributed by atoms with E-state index >= 15 is 0 Å². The van der Waals surface area contributed by atoms with Gasteiger partial charge in [0.25, 0.3) is 5.91 Å². The lowest BCUT2D eigenvalue weighted by atomic mass is 9.49. The number of benzene rings is 1. The van der Waals surface area contributed by atoms with Crippen LogP contribution in [0.1, 0.15) is 74.9 Å². The Morgan fingerprint density at radius 3 is 2.29 bits per heavy atom. The van der Waals surface area contributed by atoms with Gasteiger partial charge in [-0.3, -0.25) is 4.79 Å². The molecule has 2 N–H and O–H groups in total. The number of rotatable bonds is 7. The number of hydrogen-bond acceptors (Lipinski definition) is 8. The highest BCUT2D eigenvalue weighted by Crippen LogP contribution is 2.55. The number of nitrogens with zero attached hydrogens (tertiary/aromatic N) is 5. The van der Waals surface area contributed by atoms with E-state index in [-0.39, 0.29) is 35.0 Å². The summed E-state index contributed by atoms with van der Waals surface area (Å²) >= 11 is 0. The second kappa shape index (κ2) is 11.6. The van der Waals surface area contributed by atoms with Crippen LogP contribution in [0, 0.1) is 35.0 Å². The van der Waals surface area contributed by atoms with Crippen molar-refractivity contribution in [2.75, 3.05) is 37.6 Å². The van der Waals surface area contributed by atoms with Crippen LogP contribution in [0.3, 0.4) is 0 Å². The van der Waals surface area contributed by atoms with Gasteiger partial charge in [0, 0.05) is 62.0 Å². The number of aliphatic hydroxyl groups is 1. The molecule has 2 aliphatic heterocycles. The Balaban J connectivity index is 1.14. The molecule has 220 valence electrons. The van der Waals surface area contributed by atoms with Crippen molar-refractivity contribution < 1.29 is 14.6 Å². The van der Waals surface area contributed by atoms with Crippen LogP contribution in [-0.4, -0.2) is 76.9 Å². The second-order valence-corrected chi connectivity index (χ2v) is 13.4. The van der Waals surface area contributed by atoms with Crippen LogP contribution in [0.5, 0.6) is 5.75 Å². The molecule has 1 aliphatic carbocycles. The first-order valence-electron chi connectivity index (χ1n) is 14.9. The highest BCUT2D eigenvalue weighted by molar-refractivity contribution is 5.94. The zero-order valence-corrected chi connectivity index (χ0v) is 25.1. The third kappa shape index (κ3) is 6.05. The minimum atomic E-state index is -0.305. The van der Waals surface area contributed by atoms with Gasteiger partial charge in [-0.15, -0.1) is 0 Å². The van der Waals surface area contributed by atoms with Gasteiger partial charge in [0.05, 0.1) is 23.3 Å². The van der Waals surface area contributed by atoms with Gasteiger partial charge in [-0.2, -0.15) is 5.26 Å². The van der Waals surface area contributed by atoms with Crippen LogP contribution in [-0.2, 0) is 0 Å². The zero-order chi connectivity index (χ0) is 29.4. The molecule has 3 fully saturated rings. The Hall–Kier alpha value is -3.22. The van der Waals surface area contributed by atoms with E-state index < -0.39 is 0 Å². The molecule has 3 heterocycles. The predicted molar refractivity (Wildman–Crippen MR) is 158 cm³/mol. The molecular formula is C32H44N6O3. The molecule has 41 heavy (non-hydrogen) atoms. The van der Waals surface area contributed by atoms with Crippen molar-refractivity contribution in [3.05, 3.63) is 47.3 Å². The van der Waals surface area contributed by atoms with E-state index in [4.69, 9.17) is 4.74 Å². The van der Waals surface area contributed by atoms with Crippen LogP contribution in [0.2, 0.25) is 0 Å². The Kier molecular flexibility index (Phi) is 8.27. The second-order valence-electron chi connectivity index (χ2n) is 13.4. The number of carbonyl (C=O) groups excluding carboxylic acids is 1. The van der Waals surface area contributed by atoms with E-state index in [2.05, 4.69) is 58.8 Å². The van der Waals surface area contributed by atoms with Crippen LogP contribution in [0.15, 0.2) is 30.6 Å². The average Bonchev–Trinajstić information content (AvgIpc) is 2.96. The van der Waals surface area contributed by atoms with Gasteiger partial charge < -0.3 is 25.0 Å². The van der Waals surface area contributed by atoms with Crippen molar-refractivity contribution in [1.82, 2.24) is 20.2 Å². The lowest BCUT2D eigenvalue weighted by Crippen LogP contribution is -2.74. The van der Waals surface area contributed by atoms with Gasteiger partial charge in [-0.05, 0) is 62.3 Å². The van der Waals surface area contributed by atoms with E-state index in [0.717, 1.165) is 69.7 Å². The van der Waals surface area contributed by atoms with Crippen molar-refractivity contribution in [2.45, 2.75) is 78.6 Å². The first-order chi connectivity index (χ1) is 19.5. The molecule has 9 heteroatoms. The van der Waals surface area contributed by atoms with Gasteiger partial charge in [0.1, 0.15) is 11.9 Å². The molecule has 2 aromatic rings. The van der Waals surface area contributed by atoms with E-state index in [9.17, 15) is 15.2 Å². The number of aliphatic hydroxyl groups excluding tert-OH is 1. The molecule has 9 nitrogen and oxygen atoms in total. The predicted octanol–water partition coefficient (Wildman–Crippen LogP) is 3.94. The number of nitrogens with one attached hydrogen (secondary N) is 1. The highest BCUT2D eigenvalue weighted by Gasteiger charge is 2.64. The SMILES string of the molecule is Cc1cc(OC2C(C)(C)C(NC(=O)c3cnc(N4CCC(CN5CCC(O)CC5)CC4)nc3)C2(C)C)ccc1C#N. The summed E-state index contributed by atoms with van der Waals surface area (Å²) in [5.41, 5.74) is 1.37. The van der Waals surface area contributed by atoms with Crippen LogP contribution in [0.25, 0.3) is 0 Å². The average molecular weight is 561 g/mol. The minimum Gasteiger partial charge on any atom is -0.489 e. The molecule has 0 atom stereocenters. The fourth-order valence-corrected chi connectivity index (χ4v) is 7.37. The zero-order valence-electron chi connectivity index (χ0n) is 25.1. The van der Waals surface area contributed by atoms with Gasteiger partial charge >= 0.3 is 0 Å². The number of carbonyl (C=O) groups is 1. The maximum absolute atomic E-state index is 13.2. The number of nitriles is 1. The summed E-state index contributed by atoms with van der Waals surface area (Å²) in [4.78, 5) is 27.1. The third-order valence-corrected chi connectivity index (χ3v) is 9.56. The summed E-state index contributed by atoms with van der Waals surface area (Å²) in [6, 6.07) is 7.62. The third-order valence-electron chi connectivity index (χ3n) is 9.56. The summed E-state index contributed by atoms with van der Waals surface area (Å²) in [6.45, 7) is 15.3. The van der Waals surface area contributed by atoms with Crippen molar-refractivity contribution >= 4 is 11.9 Å². The van der Waals surface area contributed by atoms with Crippen molar-refractivity contribution in [3.8, 4) is 11.8 Å². The number of hydrogen-bond donors (Lipinski definition) is 2. The number of anilines is 1. The lowest BCUT2D eigenvalue weighted by Gasteiger charge is -2.63. The number of amides is 1. The van der Waals surface area contributed by atoms with Crippen LogP contribution >= 0.6 is 0 Å². The quantitative estimate of drug-likeness (QED) is 0.523. The van der Waals surface area contributed by atoms with Gasteiger partial charge in [-0.1, -0.05) is 27.7 Å². The van der Waals surface area contributed by atoms with E-state index in [1.807, 2.05) is 19.1 Å². The summed E-state index contributed by atoms with van der Waals surface area (Å²) in [5.74, 6) is 1.89. The number of aromatic nitrogens is 2. The molecule has 0 bridgehead atoms. The van der Waals surface area contributed by atoms with Crippen molar-refractivity contribution in [2.24, 2.45) is 16.7 Å². The molecule has 1 saturated carbocycles. The summed E-state index contributed by atoms with van der Waals surface area (Å²) in [6.07, 6.45) is 6.99. The molecule has 0 unspecified atom stereocenters. The van der Waals surface area contributed by atoms with Crippen molar-refractivity contribution in [1.29, 1.82) is 5.26 Å². The van der Waals surface area contributed by atoms with E-state index in [1.54, 1.807) is 18.5 Å². The summed E-state index contributed by atoms with van der Waals surface area (Å²) in [5, 5.41) is 22.2. The number of likely N-dealkylation sites (tertiary alicyclic amines) is 1. The largest absolute Gasteiger partial charge is 0.489 e. The summed E-state index contributed by atoms with van der Waals surface area (Å²) in [7, 11) is 0. The van der Waals surface area contributed by atoms with Crippen LogP contribution < -0.4 is 15.0 Å². The van der Waals surface area contributed by atoms with E-state index in [0.29, 0.717) is 23.0 Å². The molecule has 3 aliphatic rings. The van der Waals surface area contributed by atoms with Crippen molar-refractivity contribution in [3.63, 3.8) is 0 Å². The number of aryl methyl sites for hydroxylation is 1. The molecule has 1 amide bonds. The first kappa shape index (κ1) is 29.3. The van der Waals surface area contributed by atoms with Gasteiger partial charge in [0.2, 0.25) is 5.95 Å². The van der Waals surface area contributed by atoms with Gasteiger partial charge in [-0.25, -0.2) is 9.97 Å². The topological polar surface area (TPSA) is 115 Å². The lowest BCUT2D eigenvalue weighted by molar-refractivity contribution is -0.164. The van der Waals surface area contributed by atoms with Gasteiger partial charge in [0.15, 0.2) is 0 Å². The Bertz CT molecular complexity index is 1260. The molecule has 2 saturated heterocycles. The number of ether oxygens (including phenoxy) is 1. The molecule has 1 aromatic carbocycles. The Labute approximate surface area is 243 Å². The molecule has 1 aromatic heterocycles. The molecule has 0 spiro atoms. The Morgan fingerprint density at radius 1 is 1.07 bits per heavy atom. The first-order valence-corrected chi connectivity index (χ1v) is 14.9. The normalized spacial score (nSPS) is 24.8. The fourth-order valence-electron chi connectivity index (χ4n) is 7.37. The van der Waals surface area contributed by atoms with E-state index in [1.165, 1.54) is 0 Å². The molecule has 5 rings (SSSR count). The monoisotopic (exact) mass is 560 g/mol. The highest BCUT2D eigenvalue weighted by atomic mass is 16.5. The number of piperidine rings is 2.